The van der Waals surface area contributed by atoms with Gasteiger partial charge in [-0.2, -0.15) is 0 Å². The molecule has 10 heavy (non-hydrogen) atoms. The highest BCUT2D eigenvalue weighted by atomic mass is 14.1. The summed E-state index contributed by atoms with van der Waals surface area (Å²) in [6.07, 6.45) is 8.10. The summed E-state index contributed by atoms with van der Waals surface area (Å²) in [6.45, 7) is 6.75. The molecule has 0 spiro atoms. The maximum absolute atomic E-state index is 2.35. The highest BCUT2D eigenvalue weighted by Gasteiger charge is 2.04. The van der Waals surface area contributed by atoms with E-state index in [0.29, 0.717) is 5.92 Å². The van der Waals surface area contributed by atoms with E-state index in [4.69, 9.17) is 0 Å². The average molecular weight is 136 g/mol. The minimum Gasteiger partial charge on any atom is -0.0776 e. The lowest BCUT2D eigenvalue weighted by atomic mass is 10.0. The molecule has 0 fully saturated rings. The Morgan fingerprint density at radius 3 is 2.60 bits per heavy atom. The summed E-state index contributed by atoms with van der Waals surface area (Å²) in [5, 5.41) is 0. The van der Waals surface area contributed by atoms with Gasteiger partial charge in [0.15, 0.2) is 0 Å². The molecule has 0 aromatic carbocycles. The van der Waals surface area contributed by atoms with Crippen molar-refractivity contribution in [1.29, 1.82) is 0 Å². The van der Waals surface area contributed by atoms with Crippen molar-refractivity contribution in [1.82, 2.24) is 0 Å². The Morgan fingerprint density at radius 2 is 2.20 bits per heavy atom. The quantitative estimate of drug-likeness (QED) is 0.547. The van der Waals surface area contributed by atoms with Gasteiger partial charge in [-0.05, 0) is 18.3 Å². The van der Waals surface area contributed by atoms with Crippen molar-refractivity contribution in [2.45, 2.75) is 27.2 Å². The first kappa shape index (κ1) is 7.59. The fourth-order valence-electron chi connectivity index (χ4n) is 1.33. The van der Waals surface area contributed by atoms with Crippen LogP contribution in [0.4, 0.5) is 0 Å². The van der Waals surface area contributed by atoms with E-state index in [9.17, 15) is 0 Å². The lowest BCUT2D eigenvalue weighted by Gasteiger charge is -2.02. The first-order chi connectivity index (χ1) is 4.68. The second-order valence-electron chi connectivity index (χ2n) is 3.56. The van der Waals surface area contributed by atoms with Gasteiger partial charge in [-0.25, -0.2) is 0 Å². The normalized spacial score (nSPS) is 24.0. The van der Waals surface area contributed by atoms with Crippen LogP contribution in [0, 0.1) is 11.8 Å². The summed E-state index contributed by atoms with van der Waals surface area (Å²) >= 11 is 0. The predicted molar refractivity (Wildman–Crippen MR) is 45.8 cm³/mol. The molecule has 1 rings (SSSR count). The van der Waals surface area contributed by atoms with Crippen LogP contribution in [0.1, 0.15) is 27.2 Å². The molecule has 0 heterocycles. The van der Waals surface area contributed by atoms with Crippen molar-refractivity contribution in [3.8, 4) is 0 Å². The third kappa shape index (κ3) is 2.02. The molecule has 0 aromatic rings. The number of hydrogen-bond donors (Lipinski definition) is 0. The monoisotopic (exact) mass is 136 g/mol. The average Bonchev–Trinajstić information content (AvgIpc) is 2.13. The topological polar surface area (TPSA) is 0 Å². The van der Waals surface area contributed by atoms with E-state index in [-0.39, 0.29) is 0 Å². The smallest absolute Gasteiger partial charge is 0.00728 e. The molecule has 56 valence electrons. The van der Waals surface area contributed by atoms with Gasteiger partial charge >= 0.3 is 0 Å². The van der Waals surface area contributed by atoms with E-state index in [1.807, 2.05) is 0 Å². The van der Waals surface area contributed by atoms with Gasteiger partial charge in [0, 0.05) is 0 Å². The second-order valence-corrected chi connectivity index (χ2v) is 3.56. The van der Waals surface area contributed by atoms with Crippen molar-refractivity contribution in [3.63, 3.8) is 0 Å². The van der Waals surface area contributed by atoms with Crippen LogP contribution in [-0.2, 0) is 0 Å². The number of rotatable bonds is 2. The Morgan fingerprint density at radius 1 is 1.50 bits per heavy atom. The highest BCUT2D eigenvalue weighted by molar-refractivity contribution is 5.28. The van der Waals surface area contributed by atoms with Crippen LogP contribution in [0.5, 0.6) is 0 Å². The third-order valence-electron chi connectivity index (χ3n) is 1.73. The molecule has 1 aliphatic rings. The summed E-state index contributed by atoms with van der Waals surface area (Å²) in [7, 11) is 0. The van der Waals surface area contributed by atoms with Gasteiger partial charge in [-0.15, -0.1) is 0 Å². The van der Waals surface area contributed by atoms with Crippen LogP contribution in [0.15, 0.2) is 23.8 Å². The Bertz CT molecular complexity index is 161. The Kier molecular flexibility index (Phi) is 2.31. The molecule has 0 bridgehead atoms. The van der Waals surface area contributed by atoms with Crippen molar-refractivity contribution in [2.24, 2.45) is 11.8 Å². The van der Waals surface area contributed by atoms with Crippen LogP contribution in [0.2, 0.25) is 0 Å². The van der Waals surface area contributed by atoms with Crippen LogP contribution in [0.3, 0.4) is 0 Å². The minimum absolute atomic E-state index is 0.675. The van der Waals surface area contributed by atoms with Crippen LogP contribution in [0.25, 0.3) is 0 Å². The van der Waals surface area contributed by atoms with Gasteiger partial charge in [0.25, 0.3) is 0 Å². The molecule has 0 aromatic heterocycles. The molecule has 1 atom stereocenters. The van der Waals surface area contributed by atoms with Gasteiger partial charge in [0.05, 0.1) is 0 Å². The lowest BCUT2D eigenvalue weighted by molar-refractivity contribution is 0.649. The zero-order valence-electron chi connectivity index (χ0n) is 7.09. The molecule has 0 aliphatic heterocycles. The summed E-state index contributed by atoms with van der Waals surface area (Å²) in [5.74, 6) is 1.47. The summed E-state index contributed by atoms with van der Waals surface area (Å²) < 4.78 is 0. The van der Waals surface area contributed by atoms with Gasteiger partial charge in [-0.1, -0.05) is 44.6 Å². The summed E-state index contributed by atoms with van der Waals surface area (Å²) in [5.41, 5.74) is 1.52. The van der Waals surface area contributed by atoms with Gasteiger partial charge in [0.1, 0.15) is 0 Å². The van der Waals surface area contributed by atoms with Crippen molar-refractivity contribution in [2.75, 3.05) is 0 Å². The molecule has 1 unspecified atom stereocenters. The van der Waals surface area contributed by atoms with Crippen LogP contribution < -0.4 is 0 Å². The fourth-order valence-corrected chi connectivity index (χ4v) is 1.33. The van der Waals surface area contributed by atoms with Gasteiger partial charge in [-0.3, -0.25) is 0 Å². The molecule has 0 nitrogen and oxygen atoms in total. The van der Waals surface area contributed by atoms with Crippen LogP contribution in [-0.4, -0.2) is 0 Å². The maximum atomic E-state index is 2.35. The maximum Gasteiger partial charge on any atom is -0.00728 e. The fraction of sp³-hybridized carbons (Fsp3) is 0.600. The van der Waals surface area contributed by atoms with E-state index in [1.165, 1.54) is 12.0 Å². The first-order valence-electron chi connectivity index (χ1n) is 4.07. The van der Waals surface area contributed by atoms with Gasteiger partial charge < -0.3 is 0 Å². The zero-order chi connectivity index (χ0) is 7.56. The molecular formula is C10H16. The molecule has 0 saturated heterocycles. The summed E-state index contributed by atoms with van der Waals surface area (Å²) in [4.78, 5) is 0. The van der Waals surface area contributed by atoms with Crippen molar-refractivity contribution < 1.29 is 0 Å². The van der Waals surface area contributed by atoms with Crippen molar-refractivity contribution in [3.05, 3.63) is 23.8 Å². The predicted octanol–water partition coefficient (Wildman–Crippen LogP) is 3.16. The third-order valence-corrected chi connectivity index (χ3v) is 1.73. The molecule has 0 N–H and O–H groups in total. The number of hydrogen-bond acceptors (Lipinski definition) is 0. The molecule has 0 saturated carbocycles. The highest BCUT2D eigenvalue weighted by Crippen LogP contribution is 2.20. The van der Waals surface area contributed by atoms with E-state index in [0.717, 1.165) is 5.92 Å². The van der Waals surface area contributed by atoms with E-state index in [2.05, 4.69) is 39.0 Å². The first-order valence-corrected chi connectivity index (χ1v) is 4.07. The van der Waals surface area contributed by atoms with E-state index < -0.39 is 0 Å². The molecule has 0 heteroatoms. The van der Waals surface area contributed by atoms with Crippen molar-refractivity contribution >= 4 is 0 Å². The molecule has 0 radical (unpaired) electrons. The SMILES string of the molecule is CC1C=CC(CC(C)C)=C1. The zero-order valence-corrected chi connectivity index (χ0v) is 7.09. The Hall–Kier alpha value is -0.520. The van der Waals surface area contributed by atoms with Gasteiger partial charge in [0.2, 0.25) is 0 Å². The molecule has 0 amide bonds. The lowest BCUT2D eigenvalue weighted by Crippen LogP contribution is -1.87. The Labute approximate surface area is 63.6 Å². The molecular weight excluding hydrogens is 120 g/mol. The standard InChI is InChI=1S/C10H16/c1-8(2)6-10-5-4-9(3)7-10/h4-5,7-9H,6H2,1-3H3. The minimum atomic E-state index is 0.675. The molecule has 1 aliphatic carbocycles. The number of allylic oxidation sites excluding steroid dienone is 4. The van der Waals surface area contributed by atoms with E-state index in [1.54, 1.807) is 0 Å². The summed E-state index contributed by atoms with van der Waals surface area (Å²) in [6, 6.07) is 0. The van der Waals surface area contributed by atoms with E-state index >= 15 is 0 Å². The van der Waals surface area contributed by atoms with Crippen LogP contribution >= 0.6 is 0 Å². The second kappa shape index (κ2) is 3.05. The largest absolute Gasteiger partial charge is 0.0776 e. The Balaban J connectivity index is 2.44.